The first-order valence-corrected chi connectivity index (χ1v) is 6.07. The molecule has 0 spiro atoms. The third kappa shape index (κ3) is 3.63. The minimum absolute atomic E-state index is 0.119. The van der Waals surface area contributed by atoms with E-state index < -0.39 is 0 Å². The molecule has 1 rings (SSSR count). The molecule has 5 heteroatoms. The first-order chi connectivity index (χ1) is 8.60. The lowest BCUT2D eigenvalue weighted by atomic mass is 10.1. The van der Waals surface area contributed by atoms with Gasteiger partial charge in [0.2, 0.25) is 0 Å². The van der Waals surface area contributed by atoms with Gasteiger partial charge in [-0.25, -0.2) is 0 Å². The average Bonchev–Trinajstić information content (AvgIpc) is 2.37. The van der Waals surface area contributed by atoms with Crippen LogP contribution in [0.2, 0.25) is 0 Å². The van der Waals surface area contributed by atoms with Crippen LogP contribution >= 0.6 is 0 Å². The Morgan fingerprint density at radius 2 is 2.11 bits per heavy atom. The second-order valence-corrected chi connectivity index (χ2v) is 4.23. The highest BCUT2D eigenvalue weighted by atomic mass is 16.1. The van der Waals surface area contributed by atoms with Crippen LogP contribution in [0.4, 0.5) is 11.4 Å². The van der Waals surface area contributed by atoms with Crippen molar-refractivity contribution in [3.8, 4) is 0 Å². The Hall–Kier alpha value is -1.75. The molecule has 0 aromatic heterocycles. The Balaban J connectivity index is 2.75. The van der Waals surface area contributed by atoms with Gasteiger partial charge in [0, 0.05) is 26.2 Å². The van der Waals surface area contributed by atoms with Crippen molar-refractivity contribution in [1.82, 2.24) is 10.6 Å². The summed E-state index contributed by atoms with van der Waals surface area (Å²) in [6, 6.07) is 5.39. The molecule has 0 aliphatic carbocycles. The zero-order valence-electron chi connectivity index (χ0n) is 11.3. The molecule has 0 aliphatic rings. The molecule has 4 N–H and O–H groups in total. The van der Waals surface area contributed by atoms with Crippen molar-refractivity contribution >= 4 is 17.3 Å². The summed E-state index contributed by atoms with van der Waals surface area (Å²) in [7, 11) is 5.55. The maximum absolute atomic E-state index is 11.5. The summed E-state index contributed by atoms with van der Waals surface area (Å²) in [4.78, 5) is 13.6. The smallest absolute Gasteiger partial charge is 0.251 e. The van der Waals surface area contributed by atoms with Crippen LogP contribution in [0.1, 0.15) is 16.8 Å². The van der Waals surface area contributed by atoms with Gasteiger partial charge in [-0.1, -0.05) is 0 Å². The highest BCUT2D eigenvalue weighted by Gasteiger charge is 2.09. The summed E-state index contributed by atoms with van der Waals surface area (Å²) in [5.74, 6) is -0.119. The molecule has 18 heavy (non-hydrogen) atoms. The van der Waals surface area contributed by atoms with E-state index in [1.807, 2.05) is 20.2 Å². The van der Waals surface area contributed by atoms with Crippen molar-refractivity contribution in [1.29, 1.82) is 0 Å². The summed E-state index contributed by atoms with van der Waals surface area (Å²) < 4.78 is 0. The van der Waals surface area contributed by atoms with E-state index in [4.69, 9.17) is 5.73 Å². The van der Waals surface area contributed by atoms with E-state index in [-0.39, 0.29) is 5.91 Å². The number of nitrogen functional groups attached to an aromatic ring is 1. The van der Waals surface area contributed by atoms with Gasteiger partial charge in [-0.2, -0.15) is 0 Å². The van der Waals surface area contributed by atoms with Crippen molar-refractivity contribution in [3.63, 3.8) is 0 Å². The van der Waals surface area contributed by atoms with Crippen LogP contribution in [0, 0.1) is 0 Å². The van der Waals surface area contributed by atoms with Crippen molar-refractivity contribution in [2.24, 2.45) is 0 Å². The van der Waals surface area contributed by atoms with Crippen molar-refractivity contribution < 1.29 is 4.79 Å². The maximum Gasteiger partial charge on any atom is 0.251 e. The summed E-state index contributed by atoms with van der Waals surface area (Å²) in [6.07, 6.45) is 1.05. The fourth-order valence-corrected chi connectivity index (χ4v) is 1.80. The van der Waals surface area contributed by atoms with Crippen LogP contribution in [-0.2, 0) is 0 Å². The SMILES string of the molecule is CNCCCN(C)c1ccc(C(=O)NC)cc1N. The van der Waals surface area contributed by atoms with Gasteiger partial charge in [-0.15, -0.1) is 0 Å². The molecule has 0 bridgehead atoms. The second kappa shape index (κ2) is 6.86. The highest BCUT2D eigenvalue weighted by molar-refractivity contribution is 5.95. The van der Waals surface area contributed by atoms with Gasteiger partial charge in [0.25, 0.3) is 5.91 Å². The number of amides is 1. The standard InChI is InChI=1S/C13H22N4O/c1-15-7-4-8-17(3)12-6-5-10(9-11(12)14)13(18)16-2/h5-6,9,15H,4,7-8,14H2,1-3H3,(H,16,18). The molecule has 0 unspecified atom stereocenters. The third-order valence-corrected chi connectivity index (χ3v) is 2.85. The van der Waals surface area contributed by atoms with Gasteiger partial charge in [0.15, 0.2) is 0 Å². The van der Waals surface area contributed by atoms with Crippen LogP contribution < -0.4 is 21.3 Å². The topological polar surface area (TPSA) is 70.4 Å². The Bertz CT molecular complexity index is 406. The minimum Gasteiger partial charge on any atom is -0.397 e. The fourth-order valence-electron chi connectivity index (χ4n) is 1.80. The Labute approximate surface area is 108 Å². The monoisotopic (exact) mass is 250 g/mol. The zero-order chi connectivity index (χ0) is 13.5. The molecule has 0 heterocycles. The predicted octanol–water partition coefficient (Wildman–Crippen LogP) is 0.674. The number of nitrogens with two attached hydrogens (primary N) is 1. The summed E-state index contributed by atoms with van der Waals surface area (Å²) in [5, 5.41) is 5.69. The lowest BCUT2D eigenvalue weighted by Crippen LogP contribution is -2.23. The van der Waals surface area contributed by atoms with E-state index in [2.05, 4.69) is 15.5 Å². The van der Waals surface area contributed by atoms with Crippen molar-refractivity contribution in [2.75, 3.05) is 44.9 Å². The van der Waals surface area contributed by atoms with Crippen molar-refractivity contribution in [2.45, 2.75) is 6.42 Å². The molecule has 0 aliphatic heterocycles. The first-order valence-electron chi connectivity index (χ1n) is 6.07. The minimum atomic E-state index is -0.119. The van der Waals surface area contributed by atoms with Gasteiger partial charge < -0.3 is 21.3 Å². The molecule has 5 nitrogen and oxygen atoms in total. The highest BCUT2D eigenvalue weighted by Crippen LogP contribution is 2.23. The summed E-state index contributed by atoms with van der Waals surface area (Å²) in [5.41, 5.74) is 8.15. The average molecular weight is 250 g/mol. The number of hydrogen-bond acceptors (Lipinski definition) is 4. The van der Waals surface area contributed by atoms with Crippen LogP contribution in [0.25, 0.3) is 0 Å². The number of nitrogens with one attached hydrogen (secondary N) is 2. The molecule has 0 saturated carbocycles. The van der Waals surface area contributed by atoms with E-state index in [9.17, 15) is 4.79 Å². The molecule has 1 amide bonds. The molecule has 0 atom stereocenters. The van der Waals surface area contributed by atoms with Crippen molar-refractivity contribution in [3.05, 3.63) is 23.8 Å². The lowest BCUT2D eigenvalue weighted by molar-refractivity contribution is 0.0963. The number of carbonyl (C=O) groups is 1. The van der Waals surface area contributed by atoms with Gasteiger partial charge in [0.1, 0.15) is 0 Å². The molecule has 1 aromatic carbocycles. The van der Waals surface area contributed by atoms with E-state index in [0.29, 0.717) is 11.3 Å². The first kappa shape index (κ1) is 14.3. The summed E-state index contributed by atoms with van der Waals surface area (Å²) >= 11 is 0. The van der Waals surface area contributed by atoms with Gasteiger partial charge in [-0.05, 0) is 38.2 Å². The van der Waals surface area contributed by atoms with Crippen LogP contribution in [-0.4, -0.2) is 40.1 Å². The molecule has 0 fully saturated rings. The van der Waals surface area contributed by atoms with Gasteiger partial charge in [-0.3, -0.25) is 4.79 Å². The Morgan fingerprint density at radius 3 is 2.67 bits per heavy atom. The van der Waals surface area contributed by atoms with Crippen LogP contribution in [0.3, 0.4) is 0 Å². The molecular weight excluding hydrogens is 228 g/mol. The molecule has 1 aromatic rings. The number of nitrogens with zero attached hydrogens (tertiary/aromatic N) is 1. The van der Waals surface area contributed by atoms with E-state index in [1.54, 1.807) is 19.2 Å². The van der Waals surface area contributed by atoms with E-state index >= 15 is 0 Å². The quantitative estimate of drug-likeness (QED) is 0.513. The lowest BCUT2D eigenvalue weighted by Gasteiger charge is -2.21. The zero-order valence-corrected chi connectivity index (χ0v) is 11.3. The third-order valence-electron chi connectivity index (χ3n) is 2.85. The molecule has 0 saturated heterocycles. The fraction of sp³-hybridized carbons (Fsp3) is 0.462. The normalized spacial score (nSPS) is 10.2. The molecule has 100 valence electrons. The van der Waals surface area contributed by atoms with Gasteiger partial charge in [0.05, 0.1) is 11.4 Å². The Morgan fingerprint density at radius 1 is 1.39 bits per heavy atom. The summed E-state index contributed by atoms with van der Waals surface area (Å²) in [6.45, 7) is 1.89. The molecule has 0 radical (unpaired) electrons. The van der Waals surface area contributed by atoms with E-state index in [0.717, 1.165) is 25.2 Å². The number of rotatable bonds is 6. The van der Waals surface area contributed by atoms with Gasteiger partial charge >= 0.3 is 0 Å². The Kier molecular flexibility index (Phi) is 5.45. The van der Waals surface area contributed by atoms with Crippen LogP contribution in [0.15, 0.2) is 18.2 Å². The van der Waals surface area contributed by atoms with Crippen LogP contribution in [0.5, 0.6) is 0 Å². The number of hydrogen-bond donors (Lipinski definition) is 3. The molecular formula is C13H22N4O. The maximum atomic E-state index is 11.5. The second-order valence-electron chi connectivity index (χ2n) is 4.23. The number of anilines is 2. The number of carbonyl (C=O) groups excluding carboxylic acids is 1. The van der Waals surface area contributed by atoms with E-state index in [1.165, 1.54) is 0 Å². The largest absolute Gasteiger partial charge is 0.397 e. The predicted molar refractivity (Wildman–Crippen MR) is 76.1 cm³/mol. The number of benzene rings is 1.